The second-order valence-corrected chi connectivity index (χ2v) is 7.80. The molecule has 0 unspecified atom stereocenters. The van der Waals surface area contributed by atoms with Crippen LogP contribution in [0.3, 0.4) is 0 Å². The topological polar surface area (TPSA) is 90.3 Å². The van der Waals surface area contributed by atoms with Gasteiger partial charge in [0.2, 0.25) is 0 Å². The minimum absolute atomic E-state index is 0.0844. The maximum atomic E-state index is 12.0. The zero-order chi connectivity index (χ0) is 17.3. The molecule has 7 heteroatoms. The fourth-order valence-corrected chi connectivity index (χ4v) is 2.64. The van der Waals surface area contributed by atoms with Crippen LogP contribution in [0.25, 0.3) is 0 Å². The van der Waals surface area contributed by atoms with Crippen molar-refractivity contribution < 1.29 is 24.5 Å². The number of carboxylic acids is 1. The Bertz CT molecular complexity index is 430. The molecule has 1 fully saturated rings. The molecule has 7 nitrogen and oxygen atoms in total. The van der Waals surface area contributed by atoms with Gasteiger partial charge in [0.05, 0.1) is 17.6 Å². The van der Waals surface area contributed by atoms with Gasteiger partial charge in [-0.1, -0.05) is 0 Å². The molecule has 1 heterocycles. The lowest BCUT2D eigenvalue weighted by Gasteiger charge is -2.54. The van der Waals surface area contributed by atoms with Gasteiger partial charge in [0, 0.05) is 19.6 Å². The summed E-state index contributed by atoms with van der Waals surface area (Å²) in [5, 5.41) is 19.1. The summed E-state index contributed by atoms with van der Waals surface area (Å²) in [7, 11) is 1.77. The fraction of sp³-hybridized carbons (Fsp3) is 0.867. The molecule has 0 saturated carbocycles. The largest absolute Gasteiger partial charge is 0.481 e. The molecule has 2 N–H and O–H groups in total. The first-order chi connectivity index (χ1) is 9.74. The Balaban J connectivity index is 2.75. The number of aliphatic hydroxyl groups is 1. The zero-order valence-corrected chi connectivity index (χ0v) is 14.3. The van der Waals surface area contributed by atoms with Gasteiger partial charge in [0.1, 0.15) is 5.60 Å². The van der Waals surface area contributed by atoms with Gasteiger partial charge in [-0.2, -0.15) is 0 Å². The Labute approximate surface area is 131 Å². The van der Waals surface area contributed by atoms with E-state index in [2.05, 4.69) is 0 Å². The number of likely N-dealkylation sites (tertiary alicyclic amines) is 1. The smallest absolute Gasteiger partial charge is 0.410 e. The molecule has 1 aliphatic heterocycles. The van der Waals surface area contributed by atoms with E-state index in [0.717, 1.165) is 0 Å². The van der Waals surface area contributed by atoms with Gasteiger partial charge >= 0.3 is 12.1 Å². The average molecular weight is 316 g/mol. The van der Waals surface area contributed by atoms with E-state index in [-0.39, 0.29) is 19.5 Å². The van der Waals surface area contributed by atoms with Gasteiger partial charge in [0.25, 0.3) is 0 Å². The molecule has 0 radical (unpaired) electrons. The number of likely N-dealkylation sites (N-methyl/N-ethyl adjacent to an activating group) is 1. The summed E-state index contributed by atoms with van der Waals surface area (Å²) in [6.07, 6.45) is -0.524. The lowest BCUT2D eigenvalue weighted by molar-refractivity contribution is -0.146. The van der Waals surface area contributed by atoms with Crippen molar-refractivity contribution in [2.24, 2.45) is 0 Å². The number of nitrogens with zero attached hydrogens (tertiary/aromatic N) is 2. The quantitative estimate of drug-likeness (QED) is 0.791. The number of aliphatic carboxylic acids is 1. The Hall–Kier alpha value is -1.34. The molecular formula is C15H28N2O5. The molecule has 1 amide bonds. The SMILES string of the molecule is CN(CC(C)(C)O)C1(CC(=O)O)CN(C(=O)OC(C)(C)C)C1. The van der Waals surface area contributed by atoms with Crippen LogP contribution in [0.4, 0.5) is 4.79 Å². The van der Waals surface area contributed by atoms with Crippen LogP contribution >= 0.6 is 0 Å². The van der Waals surface area contributed by atoms with Crippen molar-refractivity contribution in [3.63, 3.8) is 0 Å². The highest BCUT2D eigenvalue weighted by atomic mass is 16.6. The van der Waals surface area contributed by atoms with Crippen molar-refractivity contribution in [2.75, 3.05) is 26.7 Å². The third-order valence-corrected chi connectivity index (χ3v) is 3.54. The molecular weight excluding hydrogens is 288 g/mol. The number of carbonyl (C=O) groups is 2. The summed E-state index contributed by atoms with van der Waals surface area (Å²) in [6.45, 7) is 9.58. The molecule has 1 rings (SSSR count). The average Bonchev–Trinajstić information content (AvgIpc) is 2.16. The second-order valence-electron chi connectivity index (χ2n) is 7.80. The number of amides is 1. The zero-order valence-electron chi connectivity index (χ0n) is 14.3. The normalized spacial score (nSPS) is 18.1. The first-order valence-electron chi connectivity index (χ1n) is 7.37. The number of hydrogen-bond acceptors (Lipinski definition) is 5. The first kappa shape index (κ1) is 18.7. The summed E-state index contributed by atoms with van der Waals surface area (Å²) < 4.78 is 5.29. The van der Waals surface area contributed by atoms with Crippen molar-refractivity contribution in [3.05, 3.63) is 0 Å². The Morgan fingerprint density at radius 2 is 1.73 bits per heavy atom. The number of hydrogen-bond donors (Lipinski definition) is 2. The third kappa shape index (κ3) is 5.14. The maximum Gasteiger partial charge on any atom is 0.410 e. The number of carbonyl (C=O) groups excluding carboxylic acids is 1. The summed E-state index contributed by atoms with van der Waals surface area (Å²) in [5.74, 6) is -0.925. The maximum absolute atomic E-state index is 12.0. The minimum atomic E-state index is -0.938. The molecule has 0 spiro atoms. The number of carboxylic acid groups (broad SMARTS) is 1. The van der Waals surface area contributed by atoms with Gasteiger partial charge in [-0.3, -0.25) is 9.69 Å². The second kappa shape index (κ2) is 6.04. The van der Waals surface area contributed by atoms with E-state index in [1.807, 2.05) is 4.90 Å². The highest BCUT2D eigenvalue weighted by molar-refractivity contribution is 5.73. The summed E-state index contributed by atoms with van der Waals surface area (Å²) in [6, 6.07) is 0. The number of rotatable bonds is 5. The standard InChI is InChI=1S/C15H28N2O5/c1-13(2,3)22-12(20)17-9-15(10-17,7-11(18)19)16(6)8-14(4,5)21/h21H,7-10H2,1-6H3,(H,18,19). The molecule has 1 saturated heterocycles. The molecule has 0 bridgehead atoms. The van der Waals surface area contributed by atoms with E-state index in [9.17, 15) is 14.7 Å². The molecule has 0 aromatic carbocycles. The summed E-state index contributed by atoms with van der Waals surface area (Å²) >= 11 is 0. The first-order valence-corrected chi connectivity index (χ1v) is 7.37. The molecule has 0 aliphatic carbocycles. The highest BCUT2D eigenvalue weighted by Gasteiger charge is 2.51. The highest BCUT2D eigenvalue weighted by Crippen LogP contribution is 2.32. The van der Waals surface area contributed by atoms with Crippen molar-refractivity contribution in [3.8, 4) is 0 Å². The predicted octanol–water partition coefficient (Wildman–Crippen LogP) is 1.15. The molecule has 22 heavy (non-hydrogen) atoms. The van der Waals surface area contributed by atoms with Crippen molar-refractivity contribution in [2.45, 2.75) is 57.8 Å². The Morgan fingerprint density at radius 3 is 2.09 bits per heavy atom. The van der Waals surface area contributed by atoms with Crippen LogP contribution in [0, 0.1) is 0 Å². The van der Waals surface area contributed by atoms with Gasteiger partial charge in [-0.25, -0.2) is 4.79 Å². The Morgan fingerprint density at radius 1 is 1.23 bits per heavy atom. The Kier molecular flexibility index (Phi) is 5.14. The fourth-order valence-electron chi connectivity index (χ4n) is 2.64. The lowest BCUT2D eigenvalue weighted by atomic mass is 9.84. The minimum Gasteiger partial charge on any atom is -0.481 e. The van der Waals surface area contributed by atoms with Crippen LogP contribution in [0.1, 0.15) is 41.0 Å². The molecule has 0 aromatic heterocycles. The number of ether oxygens (including phenoxy) is 1. The van der Waals surface area contributed by atoms with E-state index in [4.69, 9.17) is 9.84 Å². The van der Waals surface area contributed by atoms with E-state index < -0.39 is 28.8 Å². The van der Waals surface area contributed by atoms with E-state index in [0.29, 0.717) is 6.54 Å². The molecule has 0 aromatic rings. The number of β-amino-alcohol motifs (C(OH)–C–C–N with tert-alkyl or cyclic N) is 1. The molecule has 1 aliphatic rings. The van der Waals surface area contributed by atoms with E-state index >= 15 is 0 Å². The van der Waals surface area contributed by atoms with Crippen LogP contribution in [0.5, 0.6) is 0 Å². The van der Waals surface area contributed by atoms with Gasteiger partial charge in [-0.05, 0) is 41.7 Å². The van der Waals surface area contributed by atoms with Crippen LogP contribution in [0.15, 0.2) is 0 Å². The van der Waals surface area contributed by atoms with Crippen molar-refractivity contribution in [1.29, 1.82) is 0 Å². The predicted molar refractivity (Wildman–Crippen MR) is 81.7 cm³/mol. The van der Waals surface area contributed by atoms with Gasteiger partial charge in [0.15, 0.2) is 0 Å². The third-order valence-electron chi connectivity index (χ3n) is 3.54. The van der Waals surface area contributed by atoms with Crippen molar-refractivity contribution >= 4 is 12.1 Å². The van der Waals surface area contributed by atoms with Gasteiger partial charge < -0.3 is 19.8 Å². The van der Waals surface area contributed by atoms with Crippen LogP contribution < -0.4 is 0 Å². The van der Waals surface area contributed by atoms with Crippen molar-refractivity contribution in [1.82, 2.24) is 9.80 Å². The molecule has 0 atom stereocenters. The molecule has 128 valence electrons. The van der Waals surface area contributed by atoms with Crippen LogP contribution in [0.2, 0.25) is 0 Å². The summed E-state index contributed by atoms with van der Waals surface area (Å²) in [4.78, 5) is 26.5. The lowest BCUT2D eigenvalue weighted by Crippen LogP contribution is -2.72. The summed E-state index contributed by atoms with van der Waals surface area (Å²) in [5.41, 5.74) is -2.18. The van der Waals surface area contributed by atoms with E-state index in [1.165, 1.54) is 4.90 Å². The van der Waals surface area contributed by atoms with Crippen LogP contribution in [-0.4, -0.2) is 75.5 Å². The van der Waals surface area contributed by atoms with Gasteiger partial charge in [-0.15, -0.1) is 0 Å². The van der Waals surface area contributed by atoms with Crippen LogP contribution in [-0.2, 0) is 9.53 Å². The van der Waals surface area contributed by atoms with E-state index in [1.54, 1.807) is 41.7 Å². The monoisotopic (exact) mass is 316 g/mol.